The number of aliphatic hydroxyl groups excluding tert-OH is 1. The Hall–Kier alpha value is -3.26. The number of benzene rings is 1. The quantitative estimate of drug-likeness (QED) is 0.508. The standard InChI is InChI=1S/C18H18N2O6/c21-7-2-6-19-17(22)13(20-18(23)15-3-1-8-24-15)9-12-4-5-14-16(10-12)26-11-25-14/h1,3-5,8-10,21H,2,6-7,11H2,(H,19,22)(H,20,23)/b13-9+. The van der Waals surface area contributed by atoms with Crippen molar-refractivity contribution in [3.63, 3.8) is 0 Å². The summed E-state index contributed by atoms with van der Waals surface area (Å²) in [5.41, 5.74) is 0.699. The van der Waals surface area contributed by atoms with E-state index in [1.165, 1.54) is 18.4 Å². The number of carbonyl (C=O) groups is 2. The van der Waals surface area contributed by atoms with Crippen molar-refractivity contribution in [2.24, 2.45) is 0 Å². The SMILES string of the molecule is O=C(NCCCO)/C(=C\c1ccc2c(c1)OCO2)NC(=O)c1ccco1. The first-order chi connectivity index (χ1) is 12.7. The summed E-state index contributed by atoms with van der Waals surface area (Å²) in [5, 5.41) is 14.0. The van der Waals surface area contributed by atoms with Crippen LogP contribution in [0.1, 0.15) is 22.5 Å². The zero-order chi connectivity index (χ0) is 18.4. The zero-order valence-corrected chi connectivity index (χ0v) is 13.9. The maximum Gasteiger partial charge on any atom is 0.291 e. The lowest BCUT2D eigenvalue weighted by Crippen LogP contribution is -2.35. The summed E-state index contributed by atoms with van der Waals surface area (Å²) in [5.74, 6) is 0.256. The molecule has 0 spiro atoms. The summed E-state index contributed by atoms with van der Waals surface area (Å²) >= 11 is 0. The molecule has 1 aromatic carbocycles. The first kappa shape index (κ1) is 17.6. The minimum atomic E-state index is -0.542. The first-order valence-corrected chi connectivity index (χ1v) is 8.02. The molecule has 3 rings (SSSR count). The van der Waals surface area contributed by atoms with Gasteiger partial charge in [-0.3, -0.25) is 9.59 Å². The third-order valence-corrected chi connectivity index (χ3v) is 3.57. The maximum atomic E-state index is 12.4. The molecule has 2 amide bonds. The Bertz CT molecular complexity index is 813. The maximum absolute atomic E-state index is 12.4. The number of hydrogen-bond donors (Lipinski definition) is 3. The molecule has 2 aromatic rings. The number of hydrogen-bond acceptors (Lipinski definition) is 6. The lowest BCUT2D eigenvalue weighted by atomic mass is 10.1. The molecular formula is C18H18N2O6. The van der Waals surface area contributed by atoms with Crippen molar-refractivity contribution >= 4 is 17.9 Å². The minimum absolute atomic E-state index is 0.0414. The van der Waals surface area contributed by atoms with Crippen LogP contribution in [0.15, 0.2) is 46.7 Å². The van der Waals surface area contributed by atoms with Crippen LogP contribution in [-0.4, -0.2) is 36.9 Å². The van der Waals surface area contributed by atoms with Gasteiger partial charge in [0.15, 0.2) is 17.3 Å². The highest BCUT2D eigenvalue weighted by Crippen LogP contribution is 2.33. The summed E-state index contributed by atoms with van der Waals surface area (Å²) < 4.78 is 15.6. The van der Waals surface area contributed by atoms with Crippen LogP contribution >= 0.6 is 0 Å². The molecule has 0 saturated carbocycles. The van der Waals surface area contributed by atoms with E-state index >= 15 is 0 Å². The molecule has 3 N–H and O–H groups in total. The Kier molecular flexibility index (Phi) is 5.55. The summed E-state index contributed by atoms with van der Waals surface area (Å²) in [7, 11) is 0. The molecule has 0 unspecified atom stereocenters. The predicted octanol–water partition coefficient (Wildman–Crippen LogP) is 1.28. The van der Waals surface area contributed by atoms with E-state index in [9.17, 15) is 9.59 Å². The highest BCUT2D eigenvalue weighted by atomic mass is 16.7. The Balaban J connectivity index is 1.81. The number of carbonyl (C=O) groups excluding carboxylic acids is 2. The summed E-state index contributed by atoms with van der Waals surface area (Å²) in [4.78, 5) is 24.6. The molecule has 2 heterocycles. The molecule has 8 heteroatoms. The normalized spacial score (nSPS) is 12.7. The van der Waals surface area contributed by atoms with Gasteiger partial charge in [0.05, 0.1) is 6.26 Å². The first-order valence-electron chi connectivity index (χ1n) is 8.02. The number of rotatable bonds is 7. The van der Waals surface area contributed by atoms with Gasteiger partial charge >= 0.3 is 0 Å². The molecule has 1 aliphatic rings. The lowest BCUT2D eigenvalue weighted by molar-refractivity contribution is -0.117. The van der Waals surface area contributed by atoms with Gasteiger partial charge in [-0.2, -0.15) is 0 Å². The largest absolute Gasteiger partial charge is 0.459 e. The van der Waals surface area contributed by atoms with E-state index in [0.29, 0.717) is 23.5 Å². The Morgan fingerprint density at radius 2 is 2.04 bits per heavy atom. The van der Waals surface area contributed by atoms with E-state index in [4.69, 9.17) is 19.0 Å². The van der Waals surface area contributed by atoms with E-state index in [0.717, 1.165) is 0 Å². The smallest absolute Gasteiger partial charge is 0.291 e. The van der Waals surface area contributed by atoms with Gasteiger partial charge in [-0.05, 0) is 42.3 Å². The molecule has 0 fully saturated rings. The van der Waals surface area contributed by atoms with Crippen molar-refractivity contribution in [3.8, 4) is 11.5 Å². The van der Waals surface area contributed by atoms with Gasteiger partial charge in [-0.25, -0.2) is 0 Å². The van der Waals surface area contributed by atoms with E-state index in [2.05, 4.69) is 10.6 Å². The van der Waals surface area contributed by atoms with Gasteiger partial charge < -0.3 is 29.6 Å². The second kappa shape index (κ2) is 8.21. The summed E-state index contributed by atoms with van der Waals surface area (Å²) in [6, 6.07) is 8.26. The number of amides is 2. The fourth-order valence-corrected chi connectivity index (χ4v) is 2.30. The minimum Gasteiger partial charge on any atom is -0.459 e. The molecule has 0 radical (unpaired) electrons. The Morgan fingerprint density at radius 3 is 2.81 bits per heavy atom. The third kappa shape index (κ3) is 4.22. The molecule has 0 aliphatic carbocycles. The molecule has 1 aliphatic heterocycles. The molecule has 136 valence electrons. The number of furan rings is 1. The van der Waals surface area contributed by atoms with Gasteiger partial charge in [-0.1, -0.05) is 6.07 Å². The van der Waals surface area contributed by atoms with Crippen LogP contribution in [-0.2, 0) is 4.79 Å². The van der Waals surface area contributed by atoms with E-state index in [1.54, 1.807) is 24.3 Å². The topological polar surface area (TPSA) is 110 Å². The van der Waals surface area contributed by atoms with Crippen LogP contribution in [0.25, 0.3) is 6.08 Å². The average Bonchev–Trinajstić information content (AvgIpc) is 3.32. The van der Waals surface area contributed by atoms with Crippen molar-refractivity contribution in [2.45, 2.75) is 6.42 Å². The second-order valence-electron chi connectivity index (χ2n) is 5.44. The molecule has 0 saturated heterocycles. The summed E-state index contributed by atoms with van der Waals surface area (Å²) in [6.45, 7) is 0.386. The number of fused-ring (bicyclic) bond motifs is 1. The van der Waals surface area contributed by atoms with Crippen molar-refractivity contribution in [1.29, 1.82) is 0 Å². The van der Waals surface area contributed by atoms with Crippen molar-refractivity contribution in [1.82, 2.24) is 10.6 Å². The van der Waals surface area contributed by atoms with E-state index < -0.39 is 11.8 Å². The lowest BCUT2D eigenvalue weighted by Gasteiger charge is -2.10. The Labute approximate surface area is 149 Å². The van der Waals surface area contributed by atoms with Crippen molar-refractivity contribution in [3.05, 3.63) is 53.6 Å². The van der Waals surface area contributed by atoms with Crippen molar-refractivity contribution < 1.29 is 28.6 Å². The molecule has 0 atom stereocenters. The number of nitrogens with one attached hydrogen (secondary N) is 2. The van der Waals surface area contributed by atoms with E-state index in [1.807, 2.05) is 0 Å². The van der Waals surface area contributed by atoms with Crippen LogP contribution in [0.3, 0.4) is 0 Å². The van der Waals surface area contributed by atoms with Crippen LogP contribution in [0, 0.1) is 0 Å². The fraction of sp³-hybridized carbons (Fsp3) is 0.222. The molecule has 26 heavy (non-hydrogen) atoms. The van der Waals surface area contributed by atoms with Crippen molar-refractivity contribution in [2.75, 3.05) is 19.9 Å². The molecule has 1 aromatic heterocycles. The highest BCUT2D eigenvalue weighted by Gasteiger charge is 2.17. The van der Waals surface area contributed by atoms with Gasteiger partial charge in [0.25, 0.3) is 11.8 Å². The second-order valence-corrected chi connectivity index (χ2v) is 5.44. The third-order valence-electron chi connectivity index (χ3n) is 3.57. The predicted molar refractivity (Wildman–Crippen MR) is 91.4 cm³/mol. The fourth-order valence-electron chi connectivity index (χ4n) is 2.30. The molecular weight excluding hydrogens is 340 g/mol. The number of aliphatic hydroxyl groups is 1. The van der Waals surface area contributed by atoms with Crippen LogP contribution in [0.5, 0.6) is 11.5 Å². The zero-order valence-electron chi connectivity index (χ0n) is 13.9. The van der Waals surface area contributed by atoms with Crippen LogP contribution < -0.4 is 20.1 Å². The van der Waals surface area contributed by atoms with Gasteiger partial charge in [0.1, 0.15) is 5.70 Å². The van der Waals surface area contributed by atoms with Gasteiger partial charge in [0, 0.05) is 13.2 Å². The monoisotopic (exact) mass is 358 g/mol. The van der Waals surface area contributed by atoms with Gasteiger partial charge in [0.2, 0.25) is 6.79 Å². The molecule has 8 nitrogen and oxygen atoms in total. The Morgan fingerprint density at radius 1 is 1.19 bits per heavy atom. The molecule has 0 bridgehead atoms. The average molecular weight is 358 g/mol. The van der Waals surface area contributed by atoms with Gasteiger partial charge in [-0.15, -0.1) is 0 Å². The van der Waals surface area contributed by atoms with Crippen LogP contribution in [0.2, 0.25) is 0 Å². The van der Waals surface area contributed by atoms with Crippen LogP contribution in [0.4, 0.5) is 0 Å². The number of ether oxygens (including phenoxy) is 2. The summed E-state index contributed by atoms with van der Waals surface area (Å²) in [6.07, 6.45) is 3.31. The van der Waals surface area contributed by atoms with E-state index in [-0.39, 0.29) is 31.4 Å². The highest BCUT2D eigenvalue weighted by molar-refractivity contribution is 6.04.